The Morgan fingerprint density at radius 2 is 2.20 bits per heavy atom. The van der Waals surface area contributed by atoms with Crippen LogP contribution in [0.1, 0.15) is 30.9 Å². The van der Waals surface area contributed by atoms with Gasteiger partial charge in [0.2, 0.25) is 0 Å². The van der Waals surface area contributed by atoms with Crippen molar-refractivity contribution in [3.05, 3.63) is 28.5 Å². The van der Waals surface area contributed by atoms with Crippen molar-refractivity contribution in [2.45, 2.75) is 25.3 Å². The molecule has 1 fully saturated rings. The molecule has 82 valence electrons. The molecule has 0 aliphatic carbocycles. The minimum Gasteiger partial charge on any atom is -0.506 e. The first kappa shape index (κ1) is 10.7. The summed E-state index contributed by atoms with van der Waals surface area (Å²) in [4.78, 5) is 0. The van der Waals surface area contributed by atoms with Crippen molar-refractivity contribution in [1.29, 1.82) is 0 Å². The van der Waals surface area contributed by atoms with E-state index >= 15 is 0 Å². The molecule has 0 bridgehead atoms. The minimum atomic E-state index is -0.504. The van der Waals surface area contributed by atoms with Gasteiger partial charge in [-0.2, -0.15) is 0 Å². The number of nitrogens with one attached hydrogen (secondary N) is 1. The van der Waals surface area contributed by atoms with Crippen molar-refractivity contribution in [3.63, 3.8) is 0 Å². The number of phenols is 1. The van der Waals surface area contributed by atoms with Gasteiger partial charge in [-0.25, -0.2) is 4.39 Å². The topological polar surface area (TPSA) is 32.3 Å². The standard InChI is InChI=1S/C11H13ClFNO/c12-10-9(15)5-4-7(11(10)13)8-3-1-2-6-14-8/h4-5,8,14-15H,1-3,6H2. The number of rotatable bonds is 1. The molecule has 2 nitrogen and oxygen atoms in total. The highest BCUT2D eigenvalue weighted by Crippen LogP contribution is 2.33. The molecule has 1 aliphatic heterocycles. The number of piperidine rings is 1. The largest absolute Gasteiger partial charge is 0.506 e. The zero-order chi connectivity index (χ0) is 10.8. The van der Waals surface area contributed by atoms with E-state index in [2.05, 4.69) is 5.32 Å². The second kappa shape index (κ2) is 4.37. The predicted octanol–water partition coefficient (Wildman–Crippen LogP) is 3.00. The fourth-order valence-electron chi connectivity index (χ4n) is 1.94. The van der Waals surface area contributed by atoms with Crippen LogP contribution in [0.5, 0.6) is 5.75 Å². The molecule has 1 heterocycles. The van der Waals surface area contributed by atoms with Crippen LogP contribution in [0.25, 0.3) is 0 Å². The Labute approximate surface area is 93.1 Å². The van der Waals surface area contributed by atoms with Gasteiger partial charge in [0.1, 0.15) is 16.6 Å². The molecule has 0 saturated carbocycles. The Hall–Kier alpha value is -0.800. The molecule has 0 spiro atoms. The summed E-state index contributed by atoms with van der Waals surface area (Å²) in [6.45, 7) is 0.905. The van der Waals surface area contributed by atoms with Gasteiger partial charge in [-0.15, -0.1) is 0 Å². The number of benzene rings is 1. The summed E-state index contributed by atoms with van der Waals surface area (Å²) in [5.41, 5.74) is 0.553. The fourth-order valence-corrected chi connectivity index (χ4v) is 2.11. The summed E-state index contributed by atoms with van der Waals surface area (Å²) in [6.07, 6.45) is 3.14. The zero-order valence-corrected chi connectivity index (χ0v) is 9.02. The van der Waals surface area contributed by atoms with Crippen molar-refractivity contribution in [2.24, 2.45) is 0 Å². The summed E-state index contributed by atoms with van der Waals surface area (Å²) in [5, 5.41) is 12.3. The minimum absolute atomic E-state index is 0.0249. The van der Waals surface area contributed by atoms with Gasteiger partial charge in [0, 0.05) is 11.6 Å². The Morgan fingerprint density at radius 3 is 2.87 bits per heavy atom. The van der Waals surface area contributed by atoms with Gasteiger partial charge in [0.25, 0.3) is 0 Å². The van der Waals surface area contributed by atoms with Crippen molar-refractivity contribution >= 4 is 11.6 Å². The highest BCUT2D eigenvalue weighted by molar-refractivity contribution is 6.32. The Morgan fingerprint density at radius 1 is 1.40 bits per heavy atom. The average Bonchev–Trinajstić information content (AvgIpc) is 2.27. The number of aromatic hydroxyl groups is 1. The lowest BCUT2D eigenvalue weighted by Gasteiger charge is -2.24. The first-order valence-electron chi connectivity index (χ1n) is 5.10. The smallest absolute Gasteiger partial charge is 0.150 e. The molecule has 1 aliphatic rings. The van der Waals surface area contributed by atoms with Crippen LogP contribution in [0, 0.1) is 5.82 Å². The van der Waals surface area contributed by atoms with Gasteiger partial charge in [-0.05, 0) is 25.5 Å². The lowest BCUT2D eigenvalue weighted by Crippen LogP contribution is -2.27. The molecule has 0 aromatic heterocycles. The van der Waals surface area contributed by atoms with E-state index in [1.165, 1.54) is 6.07 Å². The summed E-state index contributed by atoms with van der Waals surface area (Å²) in [6, 6.07) is 3.06. The maximum atomic E-state index is 13.7. The number of hydrogen-bond acceptors (Lipinski definition) is 2. The van der Waals surface area contributed by atoms with Crippen LogP contribution in [0.3, 0.4) is 0 Å². The van der Waals surface area contributed by atoms with Crippen LogP contribution < -0.4 is 5.32 Å². The molecular formula is C11H13ClFNO. The molecule has 0 radical (unpaired) electrons. The second-order valence-electron chi connectivity index (χ2n) is 3.80. The average molecular weight is 230 g/mol. The highest BCUT2D eigenvalue weighted by Gasteiger charge is 2.20. The molecule has 1 aromatic rings. The second-order valence-corrected chi connectivity index (χ2v) is 4.18. The van der Waals surface area contributed by atoms with E-state index in [0.29, 0.717) is 5.56 Å². The Balaban J connectivity index is 2.31. The van der Waals surface area contributed by atoms with Crippen LogP contribution in [-0.4, -0.2) is 11.7 Å². The van der Waals surface area contributed by atoms with Gasteiger partial charge in [0.05, 0.1) is 0 Å². The van der Waals surface area contributed by atoms with Gasteiger partial charge in [-0.3, -0.25) is 0 Å². The van der Waals surface area contributed by atoms with Crippen molar-refractivity contribution in [3.8, 4) is 5.75 Å². The lowest BCUT2D eigenvalue weighted by atomic mass is 9.97. The van der Waals surface area contributed by atoms with Crippen LogP contribution in [0.2, 0.25) is 5.02 Å². The lowest BCUT2D eigenvalue weighted by molar-refractivity contribution is 0.397. The monoisotopic (exact) mass is 229 g/mol. The Bertz CT molecular complexity index is 364. The van der Waals surface area contributed by atoms with Crippen LogP contribution in [0.15, 0.2) is 12.1 Å². The SMILES string of the molecule is Oc1ccc(C2CCCCN2)c(F)c1Cl. The molecule has 2 rings (SSSR count). The van der Waals surface area contributed by atoms with E-state index < -0.39 is 5.82 Å². The predicted molar refractivity (Wildman–Crippen MR) is 57.7 cm³/mol. The summed E-state index contributed by atoms with van der Waals surface area (Å²) in [7, 11) is 0. The highest BCUT2D eigenvalue weighted by atomic mass is 35.5. The molecule has 4 heteroatoms. The Kier molecular flexibility index (Phi) is 3.12. The maximum absolute atomic E-state index is 13.7. The van der Waals surface area contributed by atoms with Gasteiger partial charge >= 0.3 is 0 Å². The van der Waals surface area contributed by atoms with E-state index in [4.69, 9.17) is 11.6 Å². The van der Waals surface area contributed by atoms with Crippen LogP contribution in [-0.2, 0) is 0 Å². The van der Waals surface area contributed by atoms with Gasteiger partial charge in [-0.1, -0.05) is 24.1 Å². The molecule has 0 amide bonds. The fraction of sp³-hybridized carbons (Fsp3) is 0.455. The zero-order valence-electron chi connectivity index (χ0n) is 8.26. The van der Waals surface area contributed by atoms with Crippen LogP contribution >= 0.6 is 11.6 Å². The van der Waals surface area contributed by atoms with Gasteiger partial charge in [0.15, 0.2) is 0 Å². The van der Waals surface area contributed by atoms with E-state index in [-0.39, 0.29) is 16.8 Å². The van der Waals surface area contributed by atoms with Crippen molar-refractivity contribution in [1.82, 2.24) is 5.32 Å². The maximum Gasteiger partial charge on any atom is 0.150 e. The summed E-state index contributed by atoms with van der Waals surface area (Å²) >= 11 is 5.65. The van der Waals surface area contributed by atoms with Crippen LogP contribution in [0.4, 0.5) is 4.39 Å². The van der Waals surface area contributed by atoms with E-state index in [9.17, 15) is 9.50 Å². The van der Waals surface area contributed by atoms with Crippen molar-refractivity contribution in [2.75, 3.05) is 6.54 Å². The normalized spacial score (nSPS) is 21.6. The van der Waals surface area contributed by atoms with Crippen molar-refractivity contribution < 1.29 is 9.50 Å². The summed E-state index contributed by atoms with van der Waals surface area (Å²) in [5.74, 6) is -0.704. The number of phenolic OH excluding ortho intramolecular Hbond substituents is 1. The third kappa shape index (κ3) is 2.08. The third-order valence-electron chi connectivity index (χ3n) is 2.78. The van der Waals surface area contributed by atoms with E-state index in [1.54, 1.807) is 6.07 Å². The molecule has 1 aromatic carbocycles. The quantitative estimate of drug-likeness (QED) is 0.776. The molecule has 15 heavy (non-hydrogen) atoms. The molecule has 2 N–H and O–H groups in total. The molecule has 1 saturated heterocycles. The molecule has 1 atom stereocenters. The molecule has 1 unspecified atom stereocenters. The van der Waals surface area contributed by atoms with E-state index in [0.717, 1.165) is 25.8 Å². The molecular weight excluding hydrogens is 217 g/mol. The number of hydrogen-bond donors (Lipinski definition) is 2. The van der Waals surface area contributed by atoms with Gasteiger partial charge < -0.3 is 10.4 Å². The first-order chi connectivity index (χ1) is 7.20. The number of halogens is 2. The first-order valence-corrected chi connectivity index (χ1v) is 5.48. The van der Waals surface area contributed by atoms with E-state index in [1.807, 2.05) is 0 Å². The third-order valence-corrected chi connectivity index (χ3v) is 3.14. The summed E-state index contributed by atoms with van der Waals surface area (Å²) < 4.78 is 13.7.